The molecular weight excluding hydrogens is 448 g/mol. The molecule has 4 unspecified atom stereocenters. The Morgan fingerprint density at radius 2 is 1.31 bits per heavy atom. The van der Waals surface area contributed by atoms with Gasteiger partial charge in [0.15, 0.2) is 0 Å². The maximum atomic E-state index is 12.7. The number of carbonyl (C=O) groups is 6. The Labute approximate surface area is 189 Å². The quantitative estimate of drug-likeness (QED) is 0.123. The molecule has 14 heteroatoms. The lowest BCUT2D eigenvalue weighted by Crippen LogP contribution is -2.58. The molecule has 3 amide bonds. The van der Waals surface area contributed by atoms with Gasteiger partial charge in [0.2, 0.25) is 17.7 Å². The van der Waals surface area contributed by atoms with E-state index in [1.165, 1.54) is 0 Å². The van der Waals surface area contributed by atoms with Crippen molar-refractivity contribution in [2.24, 2.45) is 11.7 Å². The number of rotatable bonds is 15. The number of carboxylic acid groups (broad SMARTS) is 3. The van der Waals surface area contributed by atoms with Crippen molar-refractivity contribution >= 4 is 48.3 Å². The topological polar surface area (TPSA) is 225 Å². The highest BCUT2D eigenvalue weighted by Crippen LogP contribution is 2.07. The van der Waals surface area contributed by atoms with Gasteiger partial charge in [-0.2, -0.15) is 12.6 Å². The first-order chi connectivity index (χ1) is 14.8. The molecule has 0 rings (SSSR count). The first kappa shape index (κ1) is 29.1. The number of nitrogens with two attached hydrogens (primary N) is 1. The predicted octanol–water partition coefficient (Wildman–Crippen LogP) is -1.83. The molecule has 4 atom stereocenters. The summed E-state index contributed by atoms with van der Waals surface area (Å²) in [5.74, 6) is -6.80. The number of hydrogen-bond acceptors (Lipinski definition) is 8. The minimum atomic E-state index is -1.49. The first-order valence-corrected chi connectivity index (χ1v) is 10.4. The van der Waals surface area contributed by atoms with Gasteiger partial charge in [0.05, 0.1) is 12.5 Å². The Balaban J connectivity index is 5.25. The molecule has 0 fully saturated rings. The van der Waals surface area contributed by atoms with Crippen molar-refractivity contribution in [1.29, 1.82) is 0 Å². The normalized spacial score (nSPS) is 14.5. The Kier molecular flexibility index (Phi) is 13.0. The van der Waals surface area contributed by atoms with Gasteiger partial charge in [0, 0.05) is 12.2 Å². The van der Waals surface area contributed by atoms with E-state index in [0.29, 0.717) is 0 Å². The van der Waals surface area contributed by atoms with Crippen LogP contribution in [0.2, 0.25) is 0 Å². The third-order valence-electron chi connectivity index (χ3n) is 4.15. The third kappa shape index (κ3) is 11.5. The molecule has 0 aliphatic carbocycles. The van der Waals surface area contributed by atoms with E-state index in [-0.39, 0.29) is 24.5 Å². The van der Waals surface area contributed by atoms with E-state index in [1.807, 2.05) is 0 Å². The summed E-state index contributed by atoms with van der Waals surface area (Å²) < 4.78 is 0. The smallest absolute Gasteiger partial charge is 0.326 e. The van der Waals surface area contributed by atoms with Crippen molar-refractivity contribution < 1.29 is 44.1 Å². The lowest BCUT2D eigenvalue weighted by Gasteiger charge is -2.25. The molecule has 0 saturated heterocycles. The molecule has 0 spiro atoms. The summed E-state index contributed by atoms with van der Waals surface area (Å²) in [6, 6.07) is -5.29. The molecule has 0 aromatic rings. The van der Waals surface area contributed by atoms with Crippen molar-refractivity contribution in [2.45, 2.75) is 63.7 Å². The molecule has 0 heterocycles. The van der Waals surface area contributed by atoms with E-state index >= 15 is 0 Å². The summed E-state index contributed by atoms with van der Waals surface area (Å²) in [7, 11) is 0. The van der Waals surface area contributed by atoms with Gasteiger partial charge in [0.25, 0.3) is 0 Å². The summed E-state index contributed by atoms with van der Waals surface area (Å²) in [6.07, 6.45) is -1.35. The standard InChI is InChI=1S/C18H30N4O9S/c1-8(2)5-11(21-15(27)9(19)6-14(25)26)16(28)22-12(7-32)17(29)20-10(18(30)31)3-4-13(23)24/h8-12,32H,3-7,19H2,1-2H3,(H,20,29)(H,21,27)(H,22,28)(H,23,24)(H,25,26)(H,30,31). The molecule has 32 heavy (non-hydrogen) atoms. The van der Waals surface area contributed by atoms with Gasteiger partial charge in [0.1, 0.15) is 18.1 Å². The average Bonchev–Trinajstić information content (AvgIpc) is 2.66. The number of carboxylic acids is 3. The average molecular weight is 479 g/mol. The lowest BCUT2D eigenvalue weighted by atomic mass is 10.0. The second-order valence-electron chi connectivity index (χ2n) is 7.47. The van der Waals surface area contributed by atoms with E-state index < -0.39 is 72.6 Å². The summed E-state index contributed by atoms with van der Waals surface area (Å²) in [4.78, 5) is 69.8. The summed E-state index contributed by atoms with van der Waals surface area (Å²) in [6.45, 7) is 3.54. The molecule has 0 radical (unpaired) electrons. The van der Waals surface area contributed by atoms with E-state index in [1.54, 1.807) is 13.8 Å². The Bertz CT molecular complexity index is 717. The zero-order valence-electron chi connectivity index (χ0n) is 17.7. The molecule has 182 valence electrons. The van der Waals surface area contributed by atoms with Gasteiger partial charge in [-0.3, -0.25) is 24.0 Å². The van der Waals surface area contributed by atoms with Crippen LogP contribution >= 0.6 is 12.6 Å². The minimum Gasteiger partial charge on any atom is -0.481 e. The molecule has 0 aromatic carbocycles. The fourth-order valence-electron chi connectivity index (χ4n) is 2.53. The fourth-order valence-corrected chi connectivity index (χ4v) is 2.78. The van der Waals surface area contributed by atoms with Crippen molar-refractivity contribution in [3.63, 3.8) is 0 Å². The van der Waals surface area contributed by atoms with E-state index in [4.69, 9.17) is 21.1 Å². The van der Waals surface area contributed by atoms with Gasteiger partial charge < -0.3 is 37.0 Å². The largest absolute Gasteiger partial charge is 0.481 e. The van der Waals surface area contributed by atoms with Gasteiger partial charge in [-0.1, -0.05) is 13.8 Å². The number of hydrogen-bond donors (Lipinski definition) is 8. The van der Waals surface area contributed by atoms with Crippen LogP contribution < -0.4 is 21.7 Å². The van der Waals surface area contributed by atoms with Crippen LogP contribution in [0, 0.1) is 5.92 Å². The van der Waals surface area contributed by atoms with E-state index in [9.17, 15) is 28.8 Å². The molecule has 0 aliphatic heterocycles. The lowest BCUT2D eigenvalue weighted by molar-refractivity contribution is -0.143. The van der Waals surface area contributed by atoms with E-state index in [2.05, 4.69) is 28.6 Å². The first-order valence-electron chi connectivity index (χ1n) is 9.72. The van der Waals surface area contributed by atoms with Crippen LogP contribution in [-0.4, -0.2) is 80.9 Å². The molecule has 0 bridgehead atoms. The van der Waals surface area contributed by atoms with Crippen LogP contribution in [0.25, 0.3) is 0 Å². The molecule has 0 saturated carbocycles. The van der Waals surface area contributed by atoms with Gasteiger partial charge >= 0.3 is 17.9 Å². The van der Waals surface area contributed by atoms with Crippen molar-refractivity contribution in [1.82, 2.24) is 16.0 Å². The molecule has 0 aromatic heterocycles. The van der Waals surface area contributed by atoms with Crippen molar-refractivity contribution in [3.05, 3.63) is 0 Å². The second-order valence-corrected chi connectivity index (χ2v) is 7.84. The molecule has 8 N–H and O–H groups in total. The maximum Gasteiger partial charge on any atom is 0.326 e. The number of nitrogens with one attached hydrogen (secondary N) is 3. The fraction of sp³-hybridized carbons (Fsp3) is 0.667. The van der Waals surface area contributed by atoms with E-state index in [0.717, 1.165) is 0 Å². The van der Waals surface area contributed by atoms with Crippen LogP contribution in [0.1, 0.15) is 39.5 Å². The highest BCUT2D eigenvalue weighted by atomic mass is 32.1. The zero-order valence-corrected chi connectivity index (χ0v) is 18.6. The second kappa shape index (κ2) is 14.2. The predicted molar refractivity (Wildman–Crippen MR) is 114 cm³/mol. The van der Waals surface area contributed by atoms with Gasteiger partial charge in [-0.25, -0.2) is 4.79 Å². The summed E-state index contributed by atoms with van der Waals surface area (Å²) in [5, 5.41) is 33.5. The maximum absolute atomic E-state index is 12.7. The number of amides is 3. The third-order valence-corrected chi connectivity index (χ3v) is 4.51. The molecule has 13 nitrogen and oxygen atoms in total. The van der Waals surface area contributed by atoms with Crippen LogP contribution in [0.4, 0.5) is 0 Å². The minimum absolute atomic E-state index is 0.0718. The highest BCUT2D eigenvalue weighted by Gasteiger charge is 2.30. The Hall–Kier alpha value is -2.87. The highest BCUT2D eigenvalue weighted by molar-refractivity contribution is 7.80. The summed E-state index contributed by atoms with van der Waals surface area (Å²) in [5.41, 5.74) is 5.51. The van der Waals surface area contributed by atoms with Crippen LogP contribution in [-0.2, 0) is 28.8 Å². The monoisotopic (exact) mass is 478 g/mol. The van der Waals surface area contributed by atoms with Crippen LogP contribution in [0.3, 0.4) is 0 Å². The van der Waals surface area contributed by atoms with Crippen molar-refractivity contribution in [2.75, 3.05) is 5.75 Å². The molecule has 0 aliphatic rings. The Morgan fingerprint density at radius 3 is 1.75 bits per heavy atom. The van der Waals surface area contributed by atoms with Gasteiger partial charge in [-0.05, 0) is 18.8 Å². The van der Waals surface area contributed by atoms with Crippen molar-refractivity contribution in [3.8, 4) is 0 Å². The van der Waals surface area contributed by atoms with Gasteiger partial charge in [-0.15, -0.1) is 0 Å². The Morgan fingerprint density at radius 1 is 0.812 bits per heavy atom. The SMILES string of the molecule is CC(C)CC(NC(=O)C(N)CC(=O)O)C(=O)NC(CS)C(=O)NC(CCC(=O)O)C(=O)O. The molecular formula is C18H30N4O9S. The number of thiol groups is 1. The number of carbonyl (C=O) groups excluding carboxylic acids is 3. The van der Waals surface area contributed by atoms with Crippen LogP contribution in [0.5, 0.6) is 0 Å². The summed E-state index contributed by atoms with van der Waals surface area (Å²) >= 11 is 3.98. The number of aliphatic carboxylic acids is 3. The zero-order chi connectivity index (χ0) is 25.0. The van der Waals surface area contributed by atoms with Crippen LogP contribution in [0.15, 0.2) is 0 Å².